The molecule has 9 rings (SSSR count). The normalized spacial score (nSPS) is 14.7. The minimum absolute atomic E-state index is 0. The molecule has 0 bridgehead atoms. The Morgan fingerprint density at radius 3 is 1.81 bits per heavy atom. The first kappa shape index (κ1) is 41.8. The topological polar surface area (TPSA) is 59.4 Å². The van der Waals surface area contributed by atoms with Crippen molar-refractivity contribution < 1.29 is 102 Å². The Kier molecular flexibility index (Phi) is 14.7. The fourth-order valence-corrected chi connectivity index (χ4v) is 9.37. The summed E-state index contributed by atoms with van der Waals surface area (Å²) in [6.45, 7) is 0. The van der Waals surface area contributed by atoms with Gasteiger partial charge >= 0.3 is 0 Å². The van der Waals surface area contributed by atoms with Gasteiger partial charge in [0.15, 0.2) is 5.43 Å². The molecule has 1 amide bonds. The predicted octanol–water partition coefficient (Wildman–Crippen LogP) is 7.63. The minimum atomic E-state index is -0.0678. The second kappa shape index (κ2) is 16.5. The summed E-state index contributed by atoms with van der Waals surface area (Å²) < 4.78 is 1.58. The van der Waals surface area contributed by atoms with Crippen LogP contribution in [0.5, 0.6) is 0 Å². The summed E-state index contributed by atoms with van der Waals surface area (Å²) in [6.07, 6.45) is 2.31. The zero-order valence-corrected chi connectivity index (χ0v) is 32.6. The molecule has 0 unspecified atom stereocenters. The standard InChI is InChI=1S/C18H13NOS2.C16H9NO2.CH4.5V/c20-17-13-6-2-1-5-12(13)16-11-18(21-9-10-22-18)14-7-3-4-8-15(14)19(16)17;18-15-9-14-10-5-1-2-6-11(10)16(19)17(14)13-8-4-3-7-12(13)15;;;;;;/h1-8,11H,9-10H2;1-9H;1H4;;;;;. The van der Waals surface area contributed by atoms with Crippen molar-refractivity contribution in [3.8, 4) is 11.3 Å². The van der Waals surface area contributed by atoms with Crippen molar-refractivity contribution in [2.45, 2.75) is 11.5 Å². The number of hydrogen-bond donors (Lipinski definition) is 0. The number of thioether (sulfide) groups is 2. The van der Waals surface area contributed by atoms with E-state index in [-0.39, 0.29) is 122 Å². The molecule has 0 saturated carbocycles. The molecule has 0 N–H and O–H groups in total. The van der Waals surface area contributed by atoms with Gasteiger partial charge < -0.3 is 0 Å². The van der Waals surface area contributed by atoms with Crippen LogP contribution in [0.2, 0.25) is 0 Å². The molecule has 5 heterocycles. The van der Waals surface area contributed by atoms with Crippen LogP contribution in [0.15, 0.2) is 114 Å². The Labute approximate surface area is 341 Å². The van der Waals surface area contributed by atoms with E-state index in [0.29, 0.717) is 22.2 Å². The van der Waals surface area contributed by atoms with Gasteiger partial charge in [0, 0.05) is 144 Å². The van der Waals surface area contributed by atoms with Crippen molar-refractivity contribution in [1.29, 1.82) is 0 Å². The van der Waals surface area contributed by atoms with E-state index in [1.165, 1.54) is 5.56 Å². The van der Waals surface area contributed by atoms with Crippen LogP contribution in [0.1, 0.15) is 39.3 Å². The molecular weight excluding hydrogens is 815 g/mol. The number of nitrogens with zero attached hydrogens (tertiary/aromatic N) is 2. The first-order valence-corrected chi connectivity index (χ1v) is 15.4. The quantitative estimate of drug-likeness (QED) is 0.158. The van der Waals surface area contributed by atoms with Crippen molar-refractivity contribution in [3.63, 3.8) is 0 Å². The first-order chi connectivity index (χ1) is 20.1. The van der Waals surface area contributed by atoms with Crippen LogP contribution >= 0.6 is 23.5 Å². The van der Waals surface area contributed by atoms with Gasteiger partial charge in [-0.25, -0.2) is 0 Å². The average Bonchev–Trinajstić information content (AvgIpc) is 3.68. The van der Waals surface area contributed by atoms with Crippen molar-refractivity contribution in [2.24, 2.45) is 0 Å². The molecule has 1 aromatic heterocycles. The van der Waals surface area contributed by atoms with E-state index >= 15 is 0 Å². The maximum atomic E-state index is 12.9. The smallest absolute Gasteiger partial charge is 0.263 e. The number of carbonyl (C=O) groups excluding carboxylic acids is 2. The van der Waals surface area contributed by atoms with Gasteiger partial charge in [-0.1, -0.05) is 74.2 Å². The molecule has 12 heteroatoms. The second-order valence-corrected chi connectivity index (χ2v) is 13.1. The molecule has 1 spiro atoms. The maximum Gasteiger partial charge on any atom is 0.263 e. The van der Waals surface area contributed by atoms with Crippen LogP contribution in [0, 0.1) is 0 Å². The number of benzene rings is 4. The summed E-state index contributed by atoms with van der Waals surface area (Å²) in [5.41, 5.74) is 8.02. The number of para-hydroxylation sites is 2. The molecule has 5 radical (unpaired) electrons. The largest absolute Gasteiger partial charge is 0.289 e. The second-order valence-electron chi connectivity index (χ2n) is 10.2. The SMILES string of the molecule is C.O=C1c2ccccc2-c2cc(=O)c3ccccc3n21.O=C1c2ccccc2C2=CC3(SCCS3)c3ccccc3N12.[V].[V].[V].[V].[V]. The van der Waals surface area contributed by atoms with E-state index in [1.807, 2.05) is 89.1 Å². The molecule has 4 aliphatic heterocycles. The van der Waals surface area contributed by atoms with Gasteiger partial charge in [0.1, 0.15) is 4.08 Å². The van der Waals surface area contributed by atoms with Crippen LogP contribution in [0.25, 0.3) is 27.9 Å². The third-order valence-corrected chi connectivity index (χ3v) is 11.3. The summed E-state index contributed by atoms with van der Waals surface area (Å²) in [7, 11) is 0. The molecule has 5 aromatic rings. The van der Waals surface area contributed by atoms with E-state index < -0.39 is 0 Å². The zero-order chi connectivity index (χ0) is 27.7. The number of carbonyl (C=O) groups is 2. The van der Waals surface area contributed by atoms with E-state index in [1.54, 1.807) is 22.8 Å². The van der Waals surface area contributed by atoms with Gasteiger partial charge in [-0.3, -0.25) is 23.9 Å². The molecule has 47 heavy (non-hydrogen) atoms. The number of pyridine rings is 1. The van der Waals surface area contributed by atoms with E-state index in [4.69, 9.17) is 0 Å². The molecule has 231 valence electrons. The molecule has 4 aromatic carbocycles. The van der Waals surface area contributed by atoms with E-state index in [2.05, 4.69) is 30.3 Å². The fourth-order valence-electron chi connectivity index (χ4n) is 6.22. The van der Waals surface area contributed by atoms with E-state index in [0.717, 1.165) is 39.6 Å². The molecule has 0 aliphatic carbocycles. The average molecular weight is 841 g/mol. The molecule has 1 saturated heterocycles. The number of amides is 1. The van der Waals surface area contributed by atoms with Crippen LogP contribution in [0.3, 0.4) is 0 Å². The Balaban J connectivity index is 0.000000292. The molecule has 0 atom stereocenters. The Bertz CT molecular complexity index is 2060. The predicted molar refractivity (Wildman–Crippen MR) is 174 cm³/mol. The van der Waals surface area contributed by atoms with Crippen molar-refractivity contribution in [1.82, 2.24) is 4.57 Å². The summed E-state index contributed by atoms with van der Waals surface area (Å²) in [5.74, 6) is 2.33. The van der Waals surface area contributed by atoms with Gasteiger partial charge in [-0.05, 0) is 36.4 Å². The monoisotopic (exact) mass is 841 g/mol. The zero-order valence-electron chi connectivity index (χ0n) is 24.0. The van der Waals surface area contributed by atoms with Crippen molar-refractivity contribution >= 4 is 57.6 Å². The van der Waals surface area contributed by atoms with Crippen LogP contribution in [0.4, 0.5) is 5.69 Å². The van der Waals surface area contributed by atoms with Crippen LogP contribution in [-0.4, -0.2) is 27.9 Å². The summed E-state index contributed by atoms with van der Waals surface area (Å²) in [4.78, 5) is 39.4. The molecule has 4 aliphatic rings. The van der Waals surface area contributed by atoms with Crippen LogP contribution in [-0.2, 0) is 96.9 Å². The molecule has 5 nitrogen and oxygen atoms in total. The third-order valence-electron chi connectivity index (χ3n) is 8.00. The maximum absolute atomic E-state index is 12.9. The van der Waals surface area contributed by atoms with Gasteiger partial charge in [0.25, 0.3) is 11.8 Å². The molecule has 1 fully saturated rings. The summed E-state index contributed by atoms with van der Waals surface area (Å²) in [6, 6.07) is 32.4. The number of fused-ring (bicyclic) bond motifs is 11. The Morgan fingerprint density at radius 1 is 0.596 bits per heavy atom. The van der Waals surface area contributed by atoms with Crippen molar-refractivity contribution in [2.75, 3.05) is 16.4 Å². The summed E-state index contributed by atoms with van der Waals surface area (Å²) >= 11 is 3.96. The number of hydrogen-bond acceptors (Lipinski definition) is 5. The van der Waals surface area contributed by atoms with E-state index in [9.17, 15) is 14.4 Å². The minimum Gasteiger partial charge on any atom is -0.289 e. The third kappa shape index (κ3) is 6.61. The molecular formula is C35H26N2O3S2V5. The number of anilines is 1. The van der Waals surface area contributed by atoms with Gasteiger partial charge in [0.2, 0.25) is 0 Å². The number of aromatic nitrogens is 1. The number of rotatable bonds is 0. The summed E-state index contributed by atoms with van der Waals surface area (Å²) in [5, 5.41) is 0.576. The Hall–Kier alpha value is -1.41. The van der Waals surface area contributed by atoms with Crippen molar-refractivity contribution in [3.05, 3.63) is 142 Å². The first-order valence-electron chi connectivity index (χ1n) is 13.4. The van der Waals surface area contributed by atoms with Gasteiger partial charge in [0.05, 0.1) is 22.6 Å². The van der Waals surface area contributed by atoms with Gasteiger partial charge in [-0.2, -0.15) is 0 Å². The van der Waals surface area contributed by atoms with Crippen LogP contribution < -0.4 is 10.3 Å². The van der Waals surface area contributed by atoms with Gasteiger partial charge in [-0.15, -0.1) is 23.5 Å². The fraction of sp³-hybridized carbons (Fsp3) is 0.114. The Morgan fingerprint density at radius 2 is 1.13 bits per heavy atom.